The zero-order chi connectivity index (χ0) is 10.5. The van der Waals surface area contributed by atoms with Crippen molar-refractivity contribution in [2.45, 2.75) is 38.1 Å². The quantitative estimate of drug-likeness (QED) is 0.701. The lowest BCUT2D eigenvalue weighted by Crippen LogP contribution is -2.37. The molecule has 88 valence electrons. The van der Waals surface area contributed by atoms with Gasteiger partial charge < -0.3 is 10.6 Å². The maximum atomic E-state index is 5.53. The molecule has 2 aliphatic heterocycles. The van der Waals surface area contributed by atoms with Crippen molar-refractivity contribution in [2.24, 2.45) is 5.73 Å². The van der Waals surface area contributed by atoms with Gasteiger partial charge in [0.1, 0.15) is 0 Å². The molecule has 0 aliphatic carbocycles. The predicted octanol–water partition coefficient (Wildman–Crippen LogP) is 0.895. The second-order valence-electron chi connectivity index (χ2n) is 4.98. The molecule has 0 aromatic heterocycles. The number of nitrogens with zero attached hydrogens (tertiary/aromatic N) is 2. The number of nitrogens with two attached hydrogens (primary N) is 1. The smallest absolute Gasteiger partial charge is 0.0223 e. The third-order valence-electron chi connectivity index (χ3n) is 3.82. The van der Waals surface area contributed by atoms with Crippen molar-refractivity contribution in [2.75, 3.05) is 39.3 Å². The van der Waals surface area contributed by atoms with Gasteiger partial charge in [0.2, 0.25) is 0 Å². The topological polar surface area (TPSA) is 32.5 Å². The highest BCUT2D eigenvalue weighted by Crippen LogP contribution is 2.21. The van der Waals surface area contributed by atoms with Crippen molar-refractivity contribution < 1.29 is 0 Å². The molecule has 0 radical (unpaired) electrons. The van der Waals surface area contributed by atoms with E-state index in [0.717, 1.165) is 12.6 Å². The molecule has 2 saturated heterocycles. The van der Waals surface area contributed by atoms with Gasteiger partial charge in [0.05, 0.1) is 0 Å². The molecule has 0 amide bonds. The van der Waals surface area contributed by atoms with Crippen molar-refractivity contribution in [3.05, 3.63) is 0 Å². The highest BCUT2D eigenvalue weighted by atomic mass is 15.3. The Morgan fingerprint density at radius 1 is 1.07 bits per heavy atom. The van der Waals surface area contributed by atoms with E-state index >= 15 is 0 Å². The van der Waals surface area contributed by atoms with E-state index < -0.39 is 0 Å². The van der Waals surface area contributed by atoms with E-state index in [1.165, 1.54) is 64.8 Å². The summed E-state index contributed by atoms with van der Waals surface area (Å²) >= 11 is 0. The first-order chi connectivity index (χ1) is 7.40. The molecule has 0 aromatic rings. The van der Waals surface area contributed by atoms with Crippen LogP contribution in [0.25, 0.3) is 0 Å². The van der Waals surface area contributed by atoms with E-state index in [4.69, 9.17) is 5.73 Å². The summed E-state index contributed by atoms with van der Waals surface area (Å²) in [6.45, 7) is 7.41. The number of fused-ring (bicyclic) bond motifs is 1. The van der Waals surface area contributed by atoms with Crippen LogP contribution in [0.3, 0.4) is 0 Å². The van der Waals surface area contributed by atoms with E-state index in [-0.39, 0.29) is 0 Å². The van der Waals surface area contributed by atoms with E-state index in [1.807, 2.05) is 0 Å². The van der Waals surface area contributed by atoms with Crippen molar-refractivity contribution in [3.8, 4) is 0 Å². The Morgan fingerprint density at radius 2 is 1.93 bits per heavy atom. The first-order valence-corrected chi connectivity index (χ1v) is 6.56. The maximum absolute atomic E-state index is 5.53. The van der Waals surface area contributed by atoms with Gasteiger partial charge in [-0.15, -0.1) is 0 Å². The second-order valence-corrected chi connectivity index (χ2v) is 4.98. The largest absolute Gasteiger partial charge is 0.330 e. The maximum Gasteiger partial charge on any atom is 0.0223 e. The summed E-state index contributed by atoms with van der Waals surface area (Å²) in [7, 11) is 0. The lowest BCUT2D eigenvalue weighted by Gasteiger charge is -2.25. The highest BCUT2D eigenvalue weighted by molar-refractivity contribution is 4.84. The van der Waals surface area contributed by atoms with Gasteiger partial charge in [0, 0.05) is 12.6 Å². The standard InChI is InChI=1S/C12H25N3/c13-6-1-2-7-14-8-4-10-15-9-3-5-12(15)11-14/h12H,1-11,13H2. The van der Waals surface area contributed by atoms with Crippen molar-refractivity contribution in [1.29, 1.82) is 0 Å². The van der Waals surface area contributed by atoms with Crippen LogP contribution in [-0.4, -0.2) is 55.1 Å². The number of unbranched alkanes of at least 4 members (excludes halogenated alkanes) is 1. The van der Waals surface area contributed by atoms with Gasteiger partial charge in [-0.2, -0.15) is 0 Å². The Morgan fingerprint density at radius 3 is 2.80 bits per heavy atom. The van der Waals surface area contributed by atoms with Crippen molar-refractivity contribution in [1.82, 2.24) is 9.80 Å². The van der Waals surface area contributed by atoms with E-state index in [0.29, 0.717) is 0 Å². The average Bonchev–Trinajstić information content (AvgIpc) is 2.58. The lowest BCUT2D eigenvalue weighted by atomic mass is 10.2. The molecule has 1 atom stereocenters. The highest BCUT2D eigenvalue weighted by Gasteiger charge is 2.28. The molecular formula is C12H25N3. The number of rotatable bonds is 4. The van der Waals surface area contributed by atoms with Crippen LogP contribution in [0.15, 0.2) is 0 Å². The van der Waals surface area contributed by atoms with Crippen LogP contribution in [-0.2, 0) is 0 Å². The minimum Gasteiger partial charge on any atom is -0.330 e. The van der Waals surface area contributed by atoms with Crippen LogP contribution in [0.1, 0.15) is 32.1 Å². The second kappa shape index (κ2) is 5.83. The minimum atomic E-state index is 0.851. The fourth-order valence-electron chi connectivity index (χ4n) is 2.97. The fourth-order valence-corrected chi connectivity index (χ4v) is 2.97. The van der Waals surface area contributed by atoms with Gasteiger partial charge in [0.25, 0.3) is 0 Å². The van der Waals surface area contributed by atoms with Crippen molar-refractivity contribution in [3.63, 3.8) is 0 Å². The fraction of sp³-hybridized carbons (Fsp3) is 1.00. The van der Waals surface area contributed by atoms with Gasteiger partial charge in [-0.3, -0.25) is 4.90 Å². The van der Waals surface area contributed by atoms with Crippen LogP contribution >= 0.6 is 0 Å². The van der Waals surface area contributed by atoms with Crippen LogP contribution in [0.4, 0.5) is 0 Å². The Labute approximate surface area is 93.6 Å². The van der Waals surface area contributed by atoms with Crippen LogP contribution < -0.4 is 5.73 Å². The Balaban J connectivity index is 1.75. The lowest BCUT2D eigenvalue weighted by molar-refractivity contribution is 0.218. The van der Waals surface area contributed by atoms with Gasteiger partial charge in [-0.1, -0.05) is 0 Å². The molecule has 2 fully saturated rings. The van der Waals surface area contributed by atoms with Gasteiger partial charge in [-0.05, 0) is 64.8 Å². The Bertz CT molecular complexity index is 184. The Hall–Kier alpha value is -0.120. The van der Waals surface area contributed by atoms with E-state index in [2.05, 4.69) is 9.80 Å². The van der Waals surface area contributed by atoms with Crippen LogP contribution in [0, 0.1) is 0 Å². The summed E-state index contributed by atoms with van der Waals surface area (Å²) in [5.41, 5.74) is 5.53. The Kier molecular flexibility index (Phi) is 4.42. The summed E-state index contributed by atoms with van der Waals surface area (Å²) in [6, 6.07) is 0.866. The summed E-state index contributed by atoms with van der Waals surface area (Å²) in [6.07, 6.45) is 6.67. The van der Waals surface area contributed by atoms with Gasteiger partial charge >= 0.3 is 0 Å². The zero-order valence-corrected chi connectivity index (χ0v) is 9.83. The molecule has 15 heavy (non-hydrogen) atoms. The predicted molar refractivity (Wildman–Crippen MR) is 63.9 cm³/mol. The first-order valence-electron chi connectivity index (χ1n) is 6.56. The third kappa shape index (κ3) is 3.16. The summed E-state index contributed by atoms with van der Waals surface area (Å²) in [4.78, 5) is 5.36. The summed E-state index contributed by atoms with van der Waals surface area (Å²) < 4.78 is 0. The SMILES string of the molecule is NCCCCN1CCCN2CCCC2C1. The monoisotopic (exact) mass is 211 g/mol. The molecule has 2 N–H and O–H groups in total. The third-order valence-corrected chi connectivity index (χ3v) is 3.82. The van der Waals surface area contributed by atoms with Crippen LogP contribution in [0.5, 0.6) is 0 Å². The average molecular weight is 211 g/mol. The van der Waals surface area contributed by atoms with Crippen molar-refractivity contribution >= 4 is 0 Å². The molecule has 0 spiro atoms. The van der Waals surface area contributed by atoms with E-state index in [1.54, 1.807) is 0 Å². The molecule has 3 heteroatoms. The molecule has 2 aliphatic rings. The van der Waals surface area contributed by atoms with Crippen LogP contribution in [0.2, 0.25) is 0 Å². The summed E-state index contributed by atoms with van der Waals surface area (Å²) in [5, 5.41) is 0. The molecule has 0 bridgehead atoms. The zero-order valence-electron chi connectivity index (χ0n) is 9.83. The molecule has 0 aromatic carbocycles. The van der Waals surface area contributed by atoms with Gasteiger partial charge in [0.15, 0.2) is 0 Å². The summed E-state index contributed by atoms with van der Waals surface area (Å²) in [5.74, 6) is 0. The normalized spacial score (nSPS) is 29.0. The minimum absolute atomic E-state index is 0.851. The molecule has 0 saturated carbocycles. The first kappa shape index (κ1) is 11.4. The number of hydrogen-bond acceptors (Lipinski definition) is 3. The van der Waals surface area contributed by atoms with Gasteiger partial charge in [-0.25, -0.2) is 0 Å². The molecule has 2 heterocycles. The molecular weight excluding hydrogens is 186 g/mol. The molecule has 3 nitrogen and oxygen atoms in total. The molecule has 2 rings (SSSR count). The van der Waals surface area contributed by atoms with E-state index in [9.17, 15) is 0 Å². The number of hydrogen-bond donors (Lipinski definition) is 1. The molecule has 1 unspecified atom stereocenters.